The van der Waals surface area contributed by atoms with E-state index in [-0.39, 0.29) is 17.2 Å². The van der Waals surface area contributed by atoms with E-state index in [1.165, 1.54) is 18.2 Å². The van der Waals surface area contributed by atoms with Crippen molar-refractivity contribution in [3.63, 3.8) is 0 Å². The highest BCUT2D eigenvalue weighted by atomic mass is 19.1. The maximum absolute atomic E-state index is 13.7. The van der Waals surface area contributed by atoms with Gasteiger partial charge in [0, 0.05) is 35.7 Å². The van der Waals surface area contributed by atoms with Gasteiger partial charge in [-0.3, -0.25) is 0 Å². The Bertz CT molecular complexity index is 1160. The number of nitrogens with one attached hydrogen (secondary N) is 2. The molecule has 0 amide bonds. The van der Waals surface area contributed by atoms with Crippen LogP contribution in [-0.2, 0) is 4.74 Å². The Hall–Kier alpha value is -3.78. The van der Waals surface area contributed by atoms with Gasteiger partial charge in [-0.15, -0.1) is 0 Å². The Morgan fingerprint density at radius 2 is 1.88 bits per heavy atom. The van der Waals surface area contributed by atoms with Crippen LogP contribution in [0.4, 0.5) is 21.6 Å². The van der Waals surface area contributed by atoms with E-state index in [2.05, 4.69) is 15.2 Å². The van der Waals surface area contributed by atoms with E-state index in [1.807, 2.05) is 24.3 Å². The Balaban J connectivity index is 1.78. The number of halogens is 1. The third-order valence-electron chi connectivity index (χ3n) is 5.26. The summed E-state index contributed by atoms with van der Waals surface area (Å²) in [4.78, 5) is 18.2. The number of aromatic nitrogens is 1. The molecule has 1 aliphatic heterocycles. The summed E-state index contributed by atoms with van der Waals surface area (Å²) in [6.45, 7) is 4.59. The van der Waals surface area contributed by atoms with Crippen molar-refractivity contribution >= 4 is 28.9 Å². The molecule has 1 fully saturated rings. The van der Waals surface area contributed by atoms with Crippen molar-refractivity contribution in [2.24, 2.45) is 0 Å². The van der Waals surface area contributed by atoms with Crippen LogP contribution in [0.2, 0.25) is 0 Å². The molecule has 164 valence electrons. The highest BCUT2D eigenvalue weighted by molar-refractivity contribution is 6.08. The Kier molecular flexibility index (Phi) is 6.13. The van der Waals surface area contributed by atoms with Crippen molar-refractivity contribution in [3.8, 4) is 11.1 Å². The third kappa shape index (κ3) is 4.60. The average molecular weight is 434 g/mol. The van der Waals surface area contributed by atoms with Crippen molar-refractivity contribution < 1.29 is 19.0 Å². The summed E-state index contributed by atoms with van der Waals surface area (Å²) in [5.74, 6) is -1.43. The third-order valence-corrected chi connectivity index (χ3v) is 5.26. The Morgan fingerprint density at radius 1 is 1.16 bits per heavy atom. The van der Waals surface area contributed by atoms with Gasteiger partial charge < -0.3 is 25.5 Å². The Morgan fingerprint density at radius 3 is 2.50 bits per heavy atom. The first kappa shape index (κ1) is 21.5. The first-order valence-electron chi connectivity index (χ1n) is 10.2. The largest absolute Gasteiger partial charge is 0.477 e. The molecular formula is C24H23FN4O3. The highest BCUT2D eigenvalue weighted by Gasteiger charge is 2.20. The lowest BCUT2D eigenvalue weighted by Gasteiger charge is -2.29. The van der Waals surface area contributed by atoms with Crippen LogP contribution in [0.3, 0.4) is 0 Å². The number of hydrogen-bond acceptors (Lipinski definition) is 6. The van der Waals surface area contributed by atoms with Crippen LogP contribution in [0.15, 0.2) is 54.6 Å². The molecule has 0 saturated carbocycles. The van der Waals surface area contributed by atoms with Crippen molar-refractivity contribution in [3.05, 3.63) is 71.7 Å². The van der Waals surface area contributed by atoms with E-state index < -0.39 is 11.8 Å². The van der Waals surface area contributed by atoms with Gasteiger partial charge in [0.15, 0.2) is 5.69 Å². The summed E-state index contributed by atoms with van der Waals surface area (Å²) in [5.41, 5.74) is 3.29. The lowest BCUT2D eigenvalue weighted by molar-refractivity contribution is 0.0690. The first-order chi connectivity index (χ1) is 15.4. The average Bonchev–Trinajstić information content (AvgIpc) is 2.79. The van der Waals surface area contributed by atoms with Gasteiger partial charge in [0.05, 0.1) is 13.2 Å². The van der Waals surface area contributed by atoms with Crippen molar-refractivity contribution in [1.82, 2.24) is 4.98 Å². The lowest BCUT2D eigenvalue weighted by atomic mass is 9.96. The van der Waals surface area contributed by atoms with E-state index in [1.54, 1.807) is 19.1 Å². The molecule has 1 saturated heterocycles. The zero-order valence-corrected chi connectivity index (χ0v) is 17.6. The molecule has 3 aromatic rings. The number of carboxylic acid groups (broad SMARTS) is 1. The number of anilines is 3. The van der Waals surface area contributed by atoms with Crippen molar-refractivity contribution in [2.45, 2.75) is 6.92 Å². The number of benzene rings is 2. The van der Waals surface area contributed by atoms with Gasteiger partial charge in [-0.1, -0.05) is 18.2 Å². The first-order valence-corrected chi connectivity index (χ1v) is 10.2. The molecule has 32 heavy (non-hydrogen) atoms. The van der Waals surface area contributed by atoms with Gasteiger partial charge >= 0.3 is 5.97 Å². The summed E-state index contributed by atoms with van der Waals surface area (Å²) >= 11 is 0. The number of carboxylic acids is 1. The monoisotopic (exact) mass is 434 g/mol. The molecule has 4 rings (SSSR count). The van der Waals surface area contributed by atoms with Crippen LogP contribution in [0.1, 0.15) is 23.0 Å². The van der Waals surface area contributed by atoms with Crippen LogP contribution in [-0.4, -0.2) is 48.1 Å². The molecule has 0 spiro atoms. The zero-order valence-electron chi connectivity index (χ0n) is 17.6. The molecule has 0 radical (unpaired) electrons. The fourth-order valence-corrected chi connectivity index (χ4v) is 3.73. The summed E-state index contributed by atoms with van der Waals surface area (Å²) in [6.07, 6.45) is 0. The summed E-state index contributed by atoms with van der Waals surface area (Å²) < 4.78 is 19.1. The van der Waals surface area contributed by atoms with Crippen molar-refractivity contribution in [1.29, 1.82) is 5.41 Å². The number of ether oxygens (including phenoxy) is 1. The maximum atomic E-state index is 13.7. The molecule has 0 aliphatic carbocycles. The number of aromatic carboxylic acids is 1. The van der Waals surface area contributed by atoms with Gasteiger partial charge in [0.25, 0.3) is 0 Å². The lowest BCUT2D eigenvalue weighted by Crippen LogP contribution is -2.36. The number of nitrogens with zero attached hydrogens (tertiary/aromatic N) is 2. The van der Waals surface area contributed by atoms with E-state index in [9.17, 15) is 14.3 Å². The van der Waals surface area contributed by atoms with Gasteiger partial charge in [0.2, 0.25) is 0 Å². The van der Waals surface area contributed by atoms with Crippen molar-refractivity contribution in [2.75, 3.05) is 36.5 Å². The fourth-order valence-electron chi connectivity index (χ4n) is 3.73. The smallest absolute Gasteiger partial charge is 0.354 e. The zero-order chi connectivity index (χ0) is 22.7. The maximum Gasteiger partial charge on any atom is 0.354 e. The predicted octanol–water partition coefficient (Wildman–Crippen LogP) is 4.55. The molecule has 3 N–H and O–H groups in total. The molecule has 0 atom stereocenters. The van der Waals surface area contributed by atoms with E-state index in [0.717, 1.165) is 24.3 Å². The molecule has 8 heteroatoms. The summed E-state index contributed by atoms with van der Waals surface area (Å²) in [6, 6.07) is 15.0. The van der Waals surface area contributed by atoms with Crippen LogP contribution < -0.4 is 10.2 Å². The van der Waals surface area contributed by atoms with Gasteiger partial charge in [-0.25, -0.2) is 14.2 Å². The number of pyridine rings is 1. The molecule has 1 aromatic heterocycles. The number of rotatable bonds is 6. The van der Waals surface area contributed by atoms with Crippen LogP contribution >= 0.6 is 0 Å². The molecule has 0 bridgehead atoms. The second-order valence-electron chi connectivity index (χ2n) is 7.49. The Labute approximate surface area is 185 Å². The van der Waals surface area contributed by atoms with Crippen LogP contribution in [0.25, 0.3) is 11.1 Å². The molecular weight excluding hydrogens is 411 g/mol. The normalized spacial score (nSPS) is 13.6. The topological polar surface area (TPSA) is 98.5 Å². The van der Waals surface area contributed by atoms with Gasteiger partial charge in [-0.05, 0) is 54.4 Å². The summed E-state index contributed by atoms with van der Waals surface area (Å²) in [5, 5.41) is 20.9. The van der Waals surface area contributed by atoms with E-state index in [4.69, 9.17) is 10.1 Å². The second-order valence-corrected chi connectivity index (χ2v) is 7.49. The van der Waals surface area contributed by atoms with Gasteiger partial charge in [-0.2, -0.15) is 0 Å². The molecule has 7 nitrogen and oxygen atoms in total. The molecule has 0 unspecified atom stereocenters. The van der Waals surface area contributed by atoms with E-state index >= 15 is 0 Å². The fraction of sp³-hybridized carbons (Fsp3) is 0.208. The van der Waals surface area contributed by atoms with Crippen LogP contribution in [0, 0.1) is 11.2 Å². The quantitative estimate of drug-likeness (QED) is 0.492. The predicted molar refractivity (Wildman–Crippen MR) is 122 cm³/mol. The number of hydrogen-bond donors (Lipinski definition) is 3. The standard InChI is InChI=1S/C24H23FN4O3/c1-15(26)22-20(16-5-7-19(8-6-16)29-9-11-32-12-10-29)14-21(24(30)31)28-23(22)27-18-4-2-3-17(25)13-18/h2-8,13-14,26H,9-12H2,1H3,(H,27,28)(H,30,31). The molecule has 2 aromatic carbocycles. The van der Waals surface area contributed by atoms with Crippen LogP contribution in [0.5, 0.6) is 0 Å². The minimum absolute atomic E-state index is 0.166. The highest BCUT2D eigenvalue weighted by Crippen LogP contribution is 2.33. The molecule has 1 aliphatic rings. The van der Waals surface area contributed by atoms with E-state index in [0.29, 0.717) is 30.0 Å². The molecule has 2 heterocycles. The van der Waals surface area contributed by atoms with Gasteiger partial charge in [0.1, 0.15) is 11.6 Å². The number of carbonyl (C=O) groups is 1. The SMILES string of the molecule is CC(=N)c1c(-c2ccc(N3CCOCC3)cc2)cc(C(=O)O)nc1Nc1cccc(F)c1. The minimum atomic E-state index is -1.19. The summed E-state index contributed by atoms with van der Waals surface area (Å²) in [7, 11) is 0. The minimum Gasteiger partial charge on any atom is -0.477 e. The number of morpholine rings is 1. The second kappa shape index (κ2) is 9.15.